The Kier molecular flexibility index (Phi) is 7.79. The van der Waals surface area contributed by atoms with Crippen molar-refractivity contribution in [1.82, 2.24) is 9.88 Å². The number of ether oxygens (including phenoxy) is 1. The van der Waals surface area contributed by atoms with Crippen molar-refractivity contribution in [2.45, 2.75) is 47.2 Å². The predicted molar refractivity (Wildman–Crippen MR) is 112 cm³/mol. The molecule has 0 spiro atoms. The fraction of sp³-hybridized carbons (Fsp3) is 0.348. The van der Waals surface area contributed by atoms with Crippen molar-refractivity contribution in [2.24, 2.45) is 0 Å². The monoisotopic (exact) mass is 393 g/mol. The van der Waals surface area contributed by atoms with Gasteiger partial charge in [0.15, 0.2) is 6.61 Å². The van der Waals surface area contributed by atoms with Gasteiger partial charge >= 0.3 is 5.97 Å². The van der Waals surface area contributed by atoms with Crippen LogP contribution in [0.5, 0.6) is 0 Å². The standard InChI is InChI=1S/C23H27N3O3/c1-5-10-26-17(3)11-20(18(26)4)12-21(13-24)23(28)29-15-22(27)25-14-19-9-7-6-8-16(19)2/h6-9,11-12H,5,10,14-15H2,1-4H3,(H,25,27)/b21-12+. The lowest BCUT2D eigenvalue weighted by Gasteiger charge is -2.08. The zero-order chi connectivity index (χ0) is 21.4. The highest BCUT2D eigenvalue weighted by Gasteiger charge is 2.15. The number of nitrogens with zero attached hydrogens (tertiary/aromatic N) is 2. The first-order valence-electron chi connectivity index (χ1n) is 9.64. The van der Waals surface area contributed by atoms with Crippen molar-refractivity contribution in [3.8, 4) is 6.07 Å². The van der Waals surface area contributed by atoms with E-state index >= 15 is 0 Å². The molecule has 6 heteroatoms. The molecule has 1 aromatic carbocycles. The summed E-state index contributed by atoms with van der Waals surface area (Å²) in [6, 6.07) is 11.5. The zero-order valence-corrected chi connectivity index (χ0v) is 17.4. The van der Waals surface area contributed by atoms with Crippen LogP contribution < -0.4 is 5.32 Å². The topological polar surface area (TPSA) is 84.1 Å². The van der Waals surface area contributed by atoms with E-state index in [0.717, 1.165) is 41.0 Å². The summed E-state index contributed by atoms with van der Waals surface area (Å²) in [5, 5.41) is 12.1. The first-order chi connectivity index (χ1) is 13.9. The van der Waals surface area contributed by atoms with E-state index in [9.17, 15) is 14.9 Å². The van der Waals surface area contributed by atoms with Crippen molar-refractivity contribution < 1.29 is 14.3 Å². The van der Waals surface area contributed by atoms with E-state index in [4.69, 9.17) is 4.74 Å². The molecule has 2 rings (SSSR count). The summed E-state index contributed by atoms with van der Waals surface area (Å²) < 4.78 is 7.17. The maximum atomic E-state index is 12.2. The Bertz CT molecular complexity index is 964. The minimum absolute atomic E-state index is 0.131. The number of hydrogen-bond acceptors (Lipinski definition) is 4. The summed E-state index contributed by atoms with van der Waals surface area (Å²) in [4.78, 5) is 24.2. The second kappa shape index (κ2) is 10.3. The number of esters is 1. The molecule has 0 aliphatic carbocycles. The van der Waals surface area contributed by atoms with Gasteiger partial charge in [0.1, 0.15) is 11.6 Å². The Hall–Kier alpha value is -3.33. The Morgan fingerprint density at radius 3 is 2.62 bits per heavy atom. The van der Waals surface area contributed by atoms with Gasteiger partial charge < -0.3 is 14.6 Å². The lowest BCUT2D eigenvalue weighted by Crippen LogP contribution is -2.28. The van der Waals surface area contributed by atoms with E-state index in [1.54, 1.807) is 0 Å². The van der Waals surface area contributed by atoms with Crippen molar-refractivity contribution >= 4 is 18.0 Å². The SMILES string of the molecule is CCCn1c(C)cc(/C=C(\C#N)C(=O)OCC(=O)NCc2ccccc2C)c1C. The third-order valence-corrected chi connectivity index (χ3v) is 4.77. The van der Waals surface area contributed by atoms with Gasteiger partial charge in [-0.05, 0) is 56.0 Å². The lowest BCUT2D eigenvalue weighted by molar-refractivity contribution is -0.144. The second-order valence-electron chi connectivity index (χ2n) is 6.93. The van der Waals surface area contributed by atoms with Crippen LogP contribution in [0.25, 0.3) is 6.08 Å². The molecule has 0 atom stereocenters. The van der Waals surface area contributed by atoms with Gasteiger partial charge in [0.2, 0.25) is 0 Å². The number of nitriles is 1. The van der Waals surface area contributed by atoms with Crippen LogP contribution in [-0.4, -0.2) is 23.1 Å². The maximum absolute atomic E-state index is 12.2. The van der Waals surface area contributed by atoms with Gasteiger partial charge in [0, 0.05) is 24.5 Å². The van der Waals surface area contributed by atoms with Gasteiger partial charge in [0.25, 0.3) is 5.91 Å². The molecule has 0 saturated carbocycles. The molecular formula is C23H27N3O3. The second-order valence-corrected chi connectivity index (χ2v) is 6.93. The third-order valence-electron chi connectivity index (χ3n) is 4.77. The number of nitrogens with one attached hydrogen (secondary N) is 1. The van der Waals surface area contributed by atoms with Crippen LogP contribution in [0, 0.1) is 32.1 Å². The third kappa shape index (κ3) is 5.82. The van der Waals surface area contributed by atoms with E-state index in [-0.39, 0.29) is 5.57 Å². The number of benzene rings is 1. The molecule has 1 heterocycles. The normalized spacial score (nSPS) is 11.1. The number of hydrogen-bond donors (Lipinski definition) is 1. The zero-order valence-electron chi connectivity index (χ0n) is 17.4. The molecule has 29 heavy (non-hydrogen) atoms. The minimum Gasteiger partial charge on any atom is -0.451 e. The molecule has 152 valence electrons. The fourth-order valence-corrected chi connectivity index (χ4v) is 3.10. The van der Waals surface area contributed by atoms with Crippen LogP contribution in [0.3, 0.4) is 0 Å². The molecule has 0 aliphatic rings. The number of carbonyl (C=O) groups is 2. The molecule has 6 nitrogen and oxygen atoms in total. The summed E-state index contributed by atoms with van der Waals surface area (Å²) in [5.41, 5.74) is 4.78. The average Bonchev–Trinajstić information content (AvgIpc) is 2.97. The molecule has 0 unspecified atom stereocenters. The average molecular weight is 393 g/mol. The van der Waals surface area contributed by atoms with Crippen molar-refractivity contribution in [1.29, 1.82) is 5.26 Å². The van der Waals surface area contributed by atoms with Gasteiger partial charge in [0.05, 0.1) is 0 Å². The van der Waals surface area contributed by atoms with Gasteiger partial charge in [-0.3, -0.25) is 4.79 Å². The summed E-state index contributed by atoms with van der Waals surface area (Å²) in [5.74, 6) is -1.22. The smallest absolute Gasteiger partial charge is 0.349 e. The first kappa shape index (κ1) is 22.0. The van der Waals surface area contributed by atoms with Crippen LogP contribution >= 0.6 is 0 Å². The van der Waals surface area contributed by atoms with E-state index < -0.39 is 18.5 Å². The highest BCUT2D eigenvalue weighted by Crippen LogP contribution is 2.19. The predicted octanol–water partition coefficient (Wildman–Crippen LogP) is 3.59. The molecule has 0 aliphatic heterocycles. The summed E-state index contributed by atoms with van der Waals surface area (Å²) >= 11 is 0. The van der Waals surface area contributed by atoms with Crippen molar-refractivity contribution in [2.75, 3.05) is 6.61 Å². The highest BCUT2D eigenvalue weighted by molar-refractivity contribution is 5.99. The molecule has 2 aromatic rings. The van der Waals surface area contributed by atoms with Gasteiger partial charge in [-0.1, -0.05) is 31.2 Å². The van der Waals surface area contributed by atoms with Crippen LogP contribution in [0.2, 0.25) is 0 Å². The van der Waals surface area contributed by atoms with E-state index in [0.29, 0.717) is 6.54 Å². The van der Waals surface area contributed by atoms with Crippen LogP contribution in [-0.2, 0) is 27.4 Å². The Morgan fingerprint density at radius 1 is 1.24 bits per heavy atom. The number of aryl methyl sites for hydroxylation is 2. The Morgan fingerprint density at radius 2 is 1.97 bits per heavy atom. The van der Waals surface area contributed by atoms with Gasteiger partial charge in [-0.25, -0.2) is 4.79 Å². The van der Waals surface area contributed by atoms with E-state index in [1.165, 1.54) is 6.08 Å². The van der Waals surface area contributed by atoms with Crippen LogP contribution in [0.1, 0.15) is 41.4 Å². The molecule has 1 N–H and O–H groups in total. The van der Waals surface area contributed by atoms with Crippen LogP contribution in [0.4, 0.5) is 0 Å². The maximum Gasteiger partial charge on any atom is 0.349 e. The molecule has 0 fully saturated rings. The van der Waals surface area contributed by atoms with Crippen molar-refractivity contribution in [3.05, 3.63) is 64.0 Å². The van der Waals surface area contributed by atoms with E-state index in [2.05, 4.69) is 16.8 Å². The number of aromatic nitrogens is 1. The summed E-state index contributed by atoms with van der Waals surface area (Å²) in [6.07, 6.45) is 2.51. The van der Waals surface area contributed by atoms with Gasteiger partial charge in [-0.15, -0.1) is 0 Å². The quantitative estimate of drug-likeness (QED) is 0.422. The summed E-state index contributed by atoms with van der Waals surface area (Å²) in [7, 11) is 0. The molecule has 0 bridgehead atoms. The number of carbonyl (C=O) groups excluding carboxylic acids is 2. The Labute approximate surface area is 171 Å². The number of rotatable bonds is 8. The molecule has 0 radical (unpaired) electrons. The summed E-state index contributed by atoms with van der Waals surface area (Å²) in [6.45, 7) is 8.79. The molecular weight excluding hydrogens is 366 g/mol. The fourth-order valence-electron chi connectivity index (χ4n) is 3.10. The van der Waals surface area contributed by atoms with Gasteiger partial charge in [-0.2, -0.15) is 5.26 Å². The minimum atomic E-state index is -0.807. The van der Waals surface area contributed by atoms with E-state index in [1.807, 2.05) is 57.2 Å². The molecule has 0 saturated heterocycles. The molecule has 1 amide bonds. The molecule has 1 aromatic heterocycles. The highest BCUT2D eigenvalue weighted by atomic mass is 16.5. The van der Waals surface area contributed by atoms with Crippen LogP contribution in [0.15, 0.2) is 35.9 Å². The lowest BCUT2D eigenvalue weighted by atomic mass is 10.1. The van der Waals surface area contributed by atoms with Crippen molar-refractivity contribution in [3.63, 3.8) is 0 Å². The first-order valence-corrected chi connectivity index (χ1v) is 9.64. The Balaban J connectivity index is 1.97. The number of amides is 1. The largest absolute Gasteiger partial charge is 0.451 e.